The third-order valence-corrected chi connectivity index (χ3v) is 4.71. The van der Waals surface area contributed by atoms with Crippen LogP contribution in [0.4, 0.5) is 0 Å². The number of halogens is 1. The van der Waals surface area contributed by atoms with Gasteiger partial charge >= 0.3 is 0 Å². The van der Waals surface area contributed by atoms with Crippen molar-refractivity contribution in [2.24, 2.45) is 5.10 Å². The number of hydrogen-bond acceptors (Lipinski definition) is 5. The van der Waals surface area contributed by atoms with Gasteiger partial charge in [0.25, 0.3) is 5.56 Å². The van der Waals surface area contributed by atoms with Crippen molar-refractivity contribution in [3.63, 3.8) is 0 Å². The Balaban J connectivity index is 1.92. The summed E-state index contributed by atoms with van der Waals surface area (Å²) in [4.78, 5) is 17.7. The molecule has 1 aromatic heterocycles. The van der Waals surface area contributed by atoms with Crippen LogP contribution in [-0.4, -0.2) is 26.1 Å². The van der Waals surface area contributed by atoms with E-state index in [2.05, 4.69) is 26.0 Å². The van der Waals surface area contributed by atoms with Crippen molar-refractivity contribution in [1.82, 2.24) is 9.66 Å². The molecule has 28 heavy (non-hydrogen) atoms. The van der Waals surface area contributed by atoms with Crippen LogP contribution in [0.5, 0.6) is 11.5 Å². The van der Waals surface area contributed by atoms with E-state index >= 15 is 0 Å². The van der Waals surface area contributed by atoms with Gasteiger partial charge in [-0.3, -0.25) is 4.79 Å². The van der Waals surface area contributed by atoms with Gasteiger partial charge in [0.15, 0.2) is 17.3 Å². The SMILES string of the molecule is O=c1c2ccccc2nc(-c2ccc(Br)cc2)n1N=Cc1ccc(O)c(O)c1. The maximum atomic E-state index is 13.0. The third-order valence-electron chi connectivity index (χ3n) is 4.18. The largest absolute Gasteiger partial charge is 0.504 e. The lowest BCUT2D eigenvalue weighted by Gasteiger charge is -2.09. The molecule has 4 rings (SSSR count). The lowest BCUT2D eigenvalue weighted by molar-refractivity contribution is 0.403. The van der Waals surface area contributed by atoms with Gasteiger partial charge in [-0.05, 0) is 48.0 Å². The van der Waals surface area contributed by atoms with E-state index in [1.165, 1.54) is 23.0 Å². The van der Waals surface area contributed by atoms with Crippen LogP contribution in [0.3, 0.4) is 0 Å². The van der Waals surface area contributed by atoms with Gasteiger partial charge in [0.05, 0.1) is 17.1 Å². The molecular weight excluding hydrogens is 422 g/mol. The smallest absolute Gasteiger partial charge is 0.282 e. The van der Waals surface area contributed by atoms with Crippen LogP contribution in [0.1, 0.15) is 5.56 Å². The van der Waals surface area contributed by atoms with E-state index in [0.29, 0.717) is 22.3 Å². The molecule has 0 aliphatic carbocycles. The van der Waals surface area contributed by atoms with Crippen LogP contribution in [0.15, 0.2) is 81.1 Å². The van der Waals surface area contributed by atoms with Crippen molar-refractivity contribution in [2.45, 2.75) is 0 Å². The second-order valence-electron chi connectivity index (χ2n) is 6.07. The molecule has 138 valence electrons. The summed E-state index contributed by atoms with van der Waals surface area (Å²) < 4.78 is 2.14. The number of fused-ring (bicyclic) bond motifs is 1. The van der Waals surface area contributed by atoms with Crippen molar-refractivity contribution < 1.29 is 10.2 Å². The van der Waals surface area contributed by atoms with Crippen molar-refractivity contribution in [3.8, 4) is 22.9 Å². The van der Waals surface area contributed by atoms with E-state index < -0.39 is 0 Å². The number of benzene rings is 3. The summed E-state index contributed by atoms with van der Waals surface area (Å²) in [7, 11) is 0. The molecular formula is C21H14BrN3O3. The highest BCUT2D eigenvalue weighted by Crippen LogP contribution is 2.24. The van der Waals surface area contributed by atoms with E-state index in [9.17, 15) is 15.0 Å². The molecule has 0 bridgehead atoms. The zero-order chi connectivity index (χ0) is 19.7. The van der Waals surface area contributed by atoms with E-state index in [-0.39, 0.29) is 17.1 Å². The molecule has 0 amide bonds. The highest BCUT2D eigenvalue weighted by atomic mass is 79.9. The number of phenols is 2. The Morgan fingerprint density at radius 3 is 2.46 bits per heavy atom. The Kier molecular flexibility index (Phi) is 4.67. The highest BCUT2D eigenvalue weighted by molar-refractivity contribution is 9.10. The minimum absolute atomic E-state index is 0.225. The topological polar surface area (TPSA) is 87.7 Å². The molecule has 2 N–H and O–H groups in total. The molecule has 0 spiro atoms. The number of rotatable bonds is 3. The van der Waals surface area contributed by atoms with E-state index in [0.717, 1.165) is 10.0 Å². The maximum Gasteiger partial charge on any atom is 0.282 e. The summed E-state index contributed by atoms with van der Waals surface area (Å²) >= 11 is 3.40. The normalized spacial score (nSPS) is 11.3. The number of aromatic hydroxyl groups is 2. The highest BCUT2D eigenvalue weighted by Gasteiger charge is 2.12. The number of para-hydroxylation sites is 1. The Morgan fingerprint density at radius 1 is 0.964 bits per heavy atom. The molecule has 0 radical (unpaired) electrons. The zero-order valence-corrected chi connectivity index (χ0v) is 16.0. The van der Waals surface area contributed by atoms with Crippen molar-refractivity contribution in [3.05, 3.63) is 87.1 Å². The van der Waals surface area contributed by atoms with E-state index in [4.69, 9.17) is 0 Å². The first-order valence-corrected chi connectivity index (χ1v) is 9.16. The van der Waals surface area contributed by atoms with E-state index in [1.807, 2.05) is 30.3 Å². The molecule has 0 fully saturated rings. The Bertz CT molecular complexity index is 1260. The van der Waals surface area contributed by atoms with Gasteiger partial charge in [-0.2, -0.15) is 9.78 Å². The number of aromatic nitrogens is 2. The molecule has 6 nitrogen and oxygen atoms in total. The quantitative estimate of drug-likeness (QED) is 0.374. The van der Waals surface area contributed by atoms with Crippen LogP contribution in [0.25, 0.3) is 22.3 Å². The van der Waals surface area contributed by atoms with Gasteiger partial charge < -0.3 is 10.2 Å². The molecule has 0 unspecified atom stereocenters. The van der Waals surface area contributed by atoms with Crippen LogP contribution < -0.4 is 5.56 Å². The summed E-state index contributed by atoms with van der Waals surface area (Å²) in [5.74, 6) is -0.0891. The van der Waals surface area contributed by atoms with Crippen molar-refractivity contribution in [2.75, 3.05) is 0 Å². The molecule has 7 heteroatoms. The van der Waals surface area contributed by atoms with Crippen LogP contribution in [0, 0.1) is 0 Å². The summed E-state index contributed by atoms with van der Waals surface area (Å²) in [6.45, 7) is 0. The summed E-state index contributed by atoms with van der Waals surface area (Å²) in [6.07, 6.45) is 1.43. The van der Waals surface area contributed by atoms with Gasteiger partial charge in [0, 0.05) is 10.0 Å². The lowest BCUT2D eigenvalue weighted by Crippen LogP contribution is -2.20. The van der Waals surface area contributed by atoms with Gasteiger partial charge in [-0.25, -0.2) is 4.98 Å². The minimum atomic E-state index is -0.303. The Hall–Kier alpha value is -3.45. The molecule has 1 heterocycles. The Labute approximate surface area is 168 Å². The molecule has 0 aliphatic rings. The fourth-order valence-corrected chi connectivity index (χ4v) is 3.03. The predicted octanol–water partition coefficient (Wildman–Crippen LogP) is 4.12. The molecule has 0 saturated heterocycles. The zero-order valence-electron chi connectivity index (χ0n) is 14.5. The molecule has 0 atom stereocenters. The standard InChI is InChI=1S/C21H14BrN3O3/c22-15-8-6-14(7-9-15)20-24-17-4-2-1-3-16(17)21(28)25(20)23-12-13-5-10-18(26)19(27)11-13/h1-12,26-27H. The minimum Gasteiger partial charge on any atom is -0.504 e. The molecule has 0 saturated carbocycles. The summed E-state index contributed by atoms with van der Waals surface area (Å²) in [5.41, 5.74) is 1.54. The molecule has 0 aliphatic heterocycles. The average Bonchev–Trinajstić information content (AvgIpc) is 2.70. The number of nitrogens with zero attached hydrogens (tertiary/aromatic N) is 3. The van der Waals surface area contributed by atoms with Crippen LogP contribution in [-0.2, 0) is 0 Å². The molecule has 4 aromatic rings. The first-order valence-electron chi connectivity index (χ1n) is 8.37. The van der Waals surface area contributed by atoms with Crippen molar-refractivity contribution in [1.29, 1.82) is 0 Å². The Morgan fingerprint density at radius 2 is 1.71 bits per heavy atom. The summed E-state index contributed by atoms with van der Waals surface area (Å²) in [6, 6.07) is 18.8. The third kappa shape index (κ3) is 3.39. The van der Waals surface area contributed by atoms with Gasteiger partial charge in [-0.15, -0.1) is 0 Å². The first-order chi connectivity index (χ1) is 13.5. The van der Waals surface area contributed by atoms with Gasteiger partial charge in [0.1, 0.15) is 0 Å². The summed E-state index contributed by atoms with van der Waals surface area (Å²) in [5, 5.41) is 23.9. The number of hydrogen-bond donors (Lipinski definition) is 2. The second kappa shape index (κ2) is 7.28. The van der Waals surface area contributed by atoms with Gasteiger partial charge in [0.2, 0.25) is 0 Å². The van der Waals surface area contributed by atoms with E-state index in [1.54, 1.807) is 24.3 Å². The van der Waals surface area contributed by atoms with Crippen LogP contribution in [0.2, 0.25) is 0 Å². The second-order valence-corrected chi connectivity index (χ2v) is 6.98. The van der Waals surface area contributed by atoms with Crippen LogP contribution >= 0.6 is 15.9 Å². The number of phenolic OH excluding ortho intramolecular Hbond substituents is 2. The fourth-order valence-electron chi connectivity index (χ4n) is 2.76. The fraction of sp³-hybridized carbons (Fsp3) is 0. The first kappa shape index (κ1) is 17.9. The molecule has 3 aromatic carbocycles. The predicted molar refractivity (Wildman–Crippen MR) is 112 cm³/mol. The maximum absolute atomic E-state index is 13.0. The van der Waals surface area contributed by atoms with Crippen molar-refractivity contribution >= 4 is 33.0 Å². The average molecular weight is 436 g/mol. The van der Waals surface area contributed by atoms with Gasteiger partial charge in [-0.1, -0.05) is 40.2 Å². The lowest BCUT2D eigenvalue weighted by atomic mass is 10.2. The monoisotopic (exact) mass is 435 g/mol.